The molecule has 1 aromatic rings. The van der Waals surface area contributed by atoms with Gasteiger partial charge in [-0.15, -0.1) is 0 Å². The van der Waals surface area contributed by atoms with Crippen molar-refractivity contribution in [1.29, 1.82) is 0 Å². The first-order chi connectivity index (χ1) is 6.68. The van der Waals surface area contributed by atoms with Crippen molar-refractivity contribution in [3.8, 4) is 0 Å². The van der Waals surface area contributed by atoms with Crippen LogP contribution in [-0.4, -0.2) is 23.5 Å². The summed E-state index contributed by atoms with van der Waals surface area (Å²) in [7, 11) is 0. The third-order valence-electron chi connectivity index (χ3n) is 1.91. The molecule has 0 spiro atoms. The molecule has 0 bridgehead atoms. The van der Waals surface area contributed by atoms with Gasteiger partial charge in [0.1, 0.15) is 0 Å². The van der Waals surface area contributed by atoms with E-state index in [4.69, 9.17) is 5.73 Å². The van der Waals surface area contributed by atoms with Crippen molar-refractivity contribution in [1.82, 2.24) is 10.3 Å². The Hall–Kier alpha value is -1.29. The third kappa shape index (κ3) is 4.09. The van der Waals surface area contributed by atoms with E-state index >= 15 is 0 Å². The Labute approximate surface area is 83.9 Å². The lowest BCUT2D eigenvalue weighted by Gasteiger charge is -2.06. The molecule has 1 heterocycles. The summed E-state index contributed by atoms with van der Waals surface area (Å²) in [5.74, 6) is 0.0236. The van der Waals surface area contributed by atoms with Crippen LogP contribution in [0.25, 0.3) is 0 Å². The smallest absolute Gasteiger partial charge is 0.221 e. The zero-order valence-corrected chi connectivity index (χ0v) is 8.42. The number of nitrogens with two attached hydrogens (primary N) is 1. The summed E-state index contributed by atoms with van der Waals surface area (Å²) in [5.41, 5.74) is 6.69. The summed E-state index contributed by atoms with van der Waals surface area (Å²) in [4.78, 5) is 14.2. The van der Waals surface area contributed by atoms with Gasteiger partial charge in [-0.2, -0.15) is 0 Å². The van der Waals surface area contributed by atoms with Gasteiger partial charge in [0.15, 0.2) is 0 Å². The Bertz CT molecular complexity index is 267. The minimum Gasteiger partial charge on any atom is -0.367 e. The van der Waals surface area contributed by atoms with Crippen molar-refractivity contribution in [2.45, 2.75) is 25.8 Å². The van der Waals surface area contributed by atoms with Crippen LogP contribution in [0.15, 0.2) is 18.5 Å². The van der Waals surface area contributed by atoms with Gasteiger partial charge in [0.25, 0.3) is 0 Å². The van der Waals surface area contributed by atoms with Gasteiger partial charge < -0.3 is 16.0 Å². The number of hydrogen-bond donors (Lipinski definition) is 3. The Kier molecular flexibility index (Phi) is 4.19. The van der Waals surface area contributed by atoms with Crippen molar-refractivity contribution < 1.29 is 4.79 Å². The predicted molar refractivity (Wildman–Crippen MR) is 55.8 cm³/mol. The second-order valence-corrected chi connectivity index (χ2v) is 3.50. The lowest BCUT2D eigenvalue weighted by molar-refractivity contribution is -0.121. The first-order valence-electron chi connectivity index (χ1n) is 4.82. The van der Waals surface area contributed by atoms with Crippen LogP contribution >= 0.6 is 0 Å². The predicted octanol–water partition coefficient (Wildman–Crippen LogP) is 0.411. The summed E-state index contributed by atoms with van der Waals surface area (Å²) < 4.78 is 0. The third-order valence-corrected chi connectivity index (χ3v) is 1.91. The molecule has 0 fully saturated rings. The first-order valence-corrected chi connectivity index (χ1v) is 4.82. The standard InChI is InChI=1S/C10H17N3O/c1-8(11)6-10(14)13-5-3-9-2-4-12-7-9/h2,4,7-8,12H,3,5-6,11H2,1H3,(H,13,14). The van der Waals surface area contributed by atoms with Crippen molar-refractivity contribution >= 4 is 5.91 Å². The fourth-order valence-corrected chi connectivity index (χ4v) is 1.22. The molecule has 14 heavy (non-hydrogen) atoms. The minimum atomic E-state index is -0.0674. The number of nitrogens with one attached hydrogen (secondary N) is 2. The van der Waals surface area contributed by atoms with Crippen LogP contribution in [-0.2, 0) is 11.2 Å². The monoisotopic (exact) mass is 195 g/mol. The van der Waals surface area contributed by atoms with Crippen LogP contribution in [0.4, 0.5) is 0 Å². The number of rotatable bonds is 5. The van der Waals surface area contributed by atoms with Crippen LogP contribution in [0, 0.1) is 0 Å². The highest BCUT2D eigenvalue weighted by Gasteiger charge is 2.03. The largest absolute Gasteiger partial charge is 0.367 e. The van der Waals surface area contributed by atoms with E-state index in [0.717, 1.165) is 6.42 Å². The molecular formula is C10H17N3O. The zero-order valence-electron chi connectivity index (χ0n) is 8.42. The van der Waals surface area contributed by atoms with Crippen LogP contribution in [0.1, 0.15) is 18.9 Å². The lowest BCUT2D eigenvalue weighted by atomic mass is 10.2. The molecule has 0 radical (unpaired) electrons. The topological polar surface area (TPSA) is 70.9 Å². The maximum Gasteiger partial charge on any atom is 0.221 e. The first kappa shape index (κ1) is 10.8. The number of carbonyl (C=O) groups excluding carboxylic acids is 1. The Morgan fingerprint density at radius 1 is 1.71 bits per heavy atom. The second-order valence-electron chi connectivity index (χ2n) is 3.50. The number of H-pyrrole nitrogens is 1. The van der Waals surface area contributed by atoms with E-state index in [2.05, 4.69) is 10.3 Å². The molecule has 1 atom stereocenters. The number of carbonyl (C=O) groups is 1. The van der Waals surface area contributed by atoms with Crippen LogP contribution in [0.3, 0.4) is 0 Å². The van der Waals surface area contributed by atoms with Gasteiger partial charge in [-0.05, 0) is 25.0 Å². The molecule has 0 saturated carbocycles. The van der Waals surface area contributed by atoms with E-state index in [-0.39, 0.29) is 11.9 Å². The number of amides is 1. The number of aromatic nitrogens is 1. The average molecular weight is 195 g/mol. The molecule has 4 N–H and O–H groups in total. The normalized spacial score (nSPS) is 12.4. The van der Waals surface area contributed by atoms with Crippen molar-refractivity contribution in [2.75, 3.05) is 6.54 Å². The summed E-state index contributed by atoms with van der Waals surface area (Å²) in [5, 5.41) is 2.82. The average Bonchev–Trinajstić information content (AvgIpc) is 2.55. The van der Waals surface area contributed by atoms with Gasteiger partial charge >= 0.3 is 0 Å². The molecule has 1 unspecified atom stereocenters. The Balaban J connectivity index is 2.12. The van der Waals surface area contributed by atoms with E-state index in [0.29, 0.717) is 13.0 Å². The highest BCUT2D eigenvalue weighted by Crippen LogP contribution is 1.96. The lowest BCUT2D eigenvalue weighted by Crippen LogP contribution is -2.31. The molecule has 4 heteroatoms. The SMILES string of the molecule is CC(N)CC(=O)NCCc1cc[nH]c1. The Morgan fingerprint density at radius 3 is 3.07 bits per heavy atom. The summed E-state index contributed by atoms with van der Waals surface area (Å²) in [6.07, 6.45) is 5.05. The fraction of sp³-hybridized carbons (Fsp3) is 0.500. The van der Waals surface area contributed by atoms with E-state index < -0.39 is 0 Å². The van der Waals surface area contributed by atoms with Gasteiger partial charge in [-0.25, -0.2) is 0 Å². The molecule has 0 saturated heterocycles. The molecule has 1 aromatic heterocycles. The summed E-state index contributed by atoms with van der Waals surface area (Å²) in [6.45, 7) is 2.50. The molecule has 1 rings (SSSR count). The van der Waals surface area contributed by atoms with Crippen LogP contribution < -0.4 is 11.1 Å². The minimum absolute atomic E-state index is 0.0236. The molecule has 1 amide bonds. The van der Waals surface area contributed by atoms with Gasteiger partial charge in [-0.3, -0.25) is 4.79 Å². The quantitative estimate of drug-likeness (QED) is 0.637. The van der Waals surface area contributed by atoms with Gasteiger partial charge in [-0.1, -0.05) is 0 Å². The molecule has 4 nitrogen and oxygen atoms in total. The fourth-order valence-electron chi connectivity index (χ4n) is 1.22. The number of aromatic amines is 1. The molecule has 0 aromatic carbocycles. The van der Waals surface area contributed by atoms with Crippen LogP contribution in [0.2, 0.25) is 0 Å². The van der Waals surface area contributed by atoms with Crippen LogP contribution in [0.5, 0.6) is 0 Å². The maximum absolute atomic E-state index is 11.2. The maximum atomic E-state index is 11.2. The molecule has 0 aliphatic heterocycles. The van der Waals surface area contributed by atoms with Gasteiger partial charge in [0, 0.05) is 31.4 Å². The Morgan fingerprint density at radius 2 is 2.50 bits per heavy atom. The zero-order chi connectivity index (χ0) is 10.4. The van der Waals surface area contributed by atoms with E-state index in [1.54, 1.807) is 0 Å². The van der Waals surface area contributed by atoms with Crippen molar-refractivity contribution in [3.63, 3.8) is 0 Å². The van der Waals surface area contributed by atoms with E-state index in [1.807, 2.05) is 25.4 Å². The van der Waals surface area contributed by atoms with Gasteiger partial charge in [0.05, 0.1) is 0 Å². The molecule has 0 aliphatic rings. The van der Waals surface area contributed by atoms with Gasteiger partial charge in [0.2, 0.25) is 5.91 Å². The highest BCUT2D eigenvalue weighted by molar-refractivity contribution is 5.76. The summed E-state index contributed by atoms with van der Waals surface area (Å²) in [6, 6.07) is 1.93. The number of hydrogen-bond acceptors (Lipinski definition) is 2. The highest BCUT2D eigenvalue weighted by atomic mass is 16.1. The van der Waals surface area contributed by atoms with E-state index in [9.17, 15) is 4.79 Å². The van der Waals surface area contributed by atoms with Crippen molar-refractivity contribution in [2.24, 2.45) is 5.73 Å². The molecule has 0 aliphatic carbocycles. The molecular weight excluding hydrogens is 178 g/mol. The summed E-state index contributed by atoms with van der Waals surface area (Å²) >= 11 is 0. The molecule has 78 valence electrons. The van der Waals surface area contributed by atoms with Crippen molar-refractivity contribution in [3.05, 3.63) is 24.0 Å². The second kappa shape index (κ2) is 5.44. The van der Waals surface area contributed by atoms with E-state index in [1.165, 1.54) is 5.56 Å².